The van der Waals surface area contributed by atoms with E-state index in [9.17, 15) is 5.11 Å². The maximum absolute atomic E-state index is 9.40. The van der Waals surface area contributed by atoms with Gasteiger partial charge in [-0.3, -0.25) is 0 Å². The van der Waals surface area contributed by atoms with Crippen LogP contribution in [0.5, 0.6) is 0 Å². The summed E-state index contributed by atoms with van der Waals surface area (Å²) in [6, 6.07) is 0. The smallest absolute Gasteiger partial charge is 0.0875 e. The van der Waals surface area contributed by atoms with Crippen LogP contribution in [0.15, 0.2) is 0 Å². The molecule has 0 spiro atoms. The van der Waals surface area contributed by atoms with E-state index in [1.54, 1.807) is 0 Å². The van der Waals surface area contributed by atoms with Crippen molar-refractivity contribution in [2.24, 2.45) is 0 Å². The van der Waals surface area contributed by atoms with Crippen LogP contribution in [0.2, 0.25) is 0 Å². The molecule has 3 N–H and O–H groups in total. The highest BCUT2D eigenvalue weighted by molar-refractivity contribution is 4.74. The van der Waals surface area contributed by atoms with Crippen molar-refractivity contribution < 1.29 is 15.3 Å². The summed E-state index contributed by atoms with van der Waals surface area (Å²) in [5, 5.41) is 26.5. The molecule has 0 aliphatic carbocycles. The standard InChI is InChI=1S/C7H16O3/c1-2-7(10,6-9)4-3-5-8/h8-10H,2-6H2,1H3/t7-/m0/s1. The Morgan fingerprint density at radius 3 is 2.20 bits per heavy atom. The van der Waals surface area contributed by atoms with Crippen LogP contribution in [0.25, 0.3) is 0 Å². The SMILES string of the molecule is CC[C@@](O)(CO)CCCO. The lowest BCUT2D eigenvalue weighted by Crippen LogP contribution is -2.32. The second kappa shape index (κ2) is 4.66. The van der Waals surface area contributed by atoms with Gasteiger partial charge >= 0.3 is 0 Å². The van der Waals surface area contributed by atoms with Gasteiger partial charge in [0.1, 0.15) is 0 Å². The van der Waals surface area contributed by atoms with Gasteiger partial charge in [-0.2, -0.15) is 0 Å². The molecule has 0 aromatic rings. The third kappa shape index (κ3) is 3.15. The van der Waals surface area contributed by atoms with Gasteiger partial charge in [0.05, 0.1) is 12.2 Å². The van der Waals surface area contributed by atoms with Gasteiger partial charge in [0, 0.05) is 6.61 Å². The Hall–Kier alpha value is -0.120. The molecule has 0 saturated heterocycles. The summed E-state index contributed by atoms with van der Waals surface area (Å²) in [5.74, 6) is 0. The first-order chi connectivity index (χ1) is 4.68. The van der Waals surface area contributed by atoms with Crippen molar-refractivity contribution in [3.63, 3.8) is 0 Å². The van der Waals surface area contributed by atoms with Crippen LogP contribution in [0.1, 0.15) is 26.2 Å². The topological polar surface area (TPSA) is 60.7 Å². The van der Waals surface area contributed by atoms with Gasteiger partial charge in [-0.1, -0.05) is 6.92 Å². The largest absolute Gasteiger partial charge is 0.396 e. The Kier molecular flexibility index (Phi) is 4.60. The van der Waals surface area contributed by atoms with Crippen molar-refractivity contribution in [2.45, 2.75) is 31.8 Å². The first-order valence-electron chi connectivity index (χ1n) is 3.62. The van der Waals surface area contributed by atoms with Gasteiger partial charge in [0.2, 0.25) is 0 Å². The molecular weight excluding hydrogens is 132 g/mol. The molecule has 3 heteroatoms. The van der Waals surface area contributed by atoms with E-state index in [4.69, 9.17) is 10.2 Å². The van der Waals surface area contributed by atoms with Crippen LogP contribution in [0.3, 0.4) is 0 Å². The minimum Gasteiger partial charge on any atom is -0.396 e. The zero-order valence-electron chi connectivity index (χ0n) is 6.38. The van der Waals surface area contributed by atoms with E-state index in [1.165, 1.54) is 0 Å². The lowest BCUT2D eigenvalue weighted by molar-refractivity contribution is -0.0281. The number of aliphatic hydroxyl groups excluding tert-OH is 2. The molecule has 0 aromatic carbocycles. The van der Waals surface area contributed by atoms with E-state index >= 15 is 0 Å². The highest BCUT2D eigenvalue weighted by Crippen LogP contribution is 2.15. The molecule has 62 valence electrons. The molecule has 0 aromatic heterocycles. The van der Waals surface area contributed by atoms with Gasteiger partial charge in [-0.15, -0.1) is 0 Å². The quantitative estimate of drug-likeness (QED) is 0.510. The molecule has 0 aliphatic heterocycles. The summed E-state index contributed by atoms with van der Waals surface area (Å²) < 4.78 is 0. The van der Waals surface area contributed by atoms with Gasteiger partial charge in [0.25, 0.3) is 0 Å². The molecule has 0 saturated carbocycles. The number of hydrogen-bond donors (Lipinski definition) is 3. The third-order valence-corrected chi connectivity index (χ3v) is 1.75. The van der Waals surface area contributed by atoms with Crippen LogP contribution in [0.4, 0.5) is 0 Å². The lowest BCUT2D eigenvalue weighted by Gasteiger charge is -2.23. The van der Waals surface area contributed by atoms with Crippen molar-refractivity contribution in [3.05, 3.63) is 0 Å². The van der Waals surface area contributed by atoms with Crippen molar-refractivity contribution in [1.29, 1.82) is 0 Å². The molecule has 0 rings (SSSR count). The fraction of sp³-hybridized carbons (Fsp3) is 1.00. The molecular formula is C7H16O3. The Morgan fingerprint density at radius 2 is 1.90 bits per heavy atom. The average Bonchev–Trinajstić information content (AvgIpc) is 2.00. The van der Waals surface area contributed by atoms with Crippen LogP contribution in [-0.4, -0.2) is 34.1 Å². The summed E-state index contributed by atoms with van der Waals surface area (Å²) >= 11 is 0. The molecule has 0 heterocycles. The molecule has 0 unspecified atom stereocenters. The van der Waals surface area contributed by atoms with Gasteiger partial charge in [-0.05, 0) is 19.3 Å². The number of rotatable bonds is 5. The lowest BCUT2D eigenvalue weighted by atomic mass is 9.96. The molecule has 0 bridgehead atoms. The minimum absolute atomic E-state index is 0.0717. The summed E-state index contributed by atoms with van der Waals surface area (Å²) in [5.41, 5.74) is -0.970. The van der Waals surface area contributed by atoms with Crippen molar-refractivity contribution in [3.8, 4) is 0 Å². The third-order valence-electron chi connectivity index (χ3n) is 1.75. The summed E-state index contributed by atoms with van der Waals surface area (Å²) in [6.45, 7) is 1.67. The van der Waals surface area contributed by atoms with E-state index in [0.29, 0.717) is 19.3 Å². The molecule has 10 heavy (non-hydrogen) atoms. The summed E-state index contributed by atoms with van der Waals surface area (Å²) in [7, 11) is 0. The zero-order valence-corrected chi connectivity index (χ0v) is 6.38. The van der Waals surface area contributed by atoms with Crippen molar-refractivity contribution in [1.82, 2.24) is 0 Å². The molecule has 0 fully saturated rings. The Labute approximate surface area is 61.3 Å². The highest BCUT2D eigenvalue weighted by atomic mass is 16.3. The maximum Gasteiger partial charge on any atom is 0.0875 e. The van der Waals surface area contributed by atoms with E-state index in [0.717, 1.165) is 0 Å². The second-order valence-corrected chi connectivity index (χ2v) is 2.56. The first-order valence-corrected chi connectivity index (χ1v) is 3.62. The summed E-state index contributed by atoms with van der Waals surface area (Å²) in [6.07, 6.45) is 1.55. The predicted molar refractivity (Wildman–Crippen MR) is 38.6 cm³/mol. The fourth-order valence-corrected chi connectivity index (χ4v) is 0.776. The van der Waals surface area contributed by atoms with Gasteiger partial charge in [-0.25, -0.2) is 0 Å². The van der Waals surface area contributed by atoms with E-state index < -0.39 is 5.60 Å². The zero-order chi connectivity index (χ0) is 8.04. The van der Waals surface area contributed by atoms with Gasteiger partial charge < -0.3 is 15.3 Å². The number of aliphatic hydroxyl groups is 3. The Balaban J connectivity index is 3.58. The fourth-order valence-electron chi connectivity index (χ4n) is 0.776. The van der Waals surface area contributed by atoms with E-state index in [2.05, 4.69) is 0 Å². The Bertz CT molecular complexity index is 78.9. The monoisotopic (exact) mass is 148 g/mol. The molecule has 0 radical (unpaired) electrons. The highest BCUT2D eigenvalue weighted by Gasteiger charge is 2.22. The van der Waals surface area contributed by atoms with Crippen LogP contribution >= 0.6 is 0 Å². The van der Waals surface area contributed by atoms with Crippen molar-refractivity contribution in [2.75, 3.05) is 13.2 Å². The molecule has 1 atom stereocenters. The van der Waals surface area contributed by atoms with Crippen LogP contribution in [-0.2, 0) is 0 Å². The number of hydrogen-bond acceptors (Lipinski definition) is 3. The second-order valence-electron chi connectivity index (χ2n) is 2.56. The molecule has 0 amide bonds. The van der Waals surface area contributed by atoms with Crippen LogP contribution in [0, 0.1) is 0 Å². The minimum atomic E-state index is -0.970. The summed E-state index contributed by atoms with van der Waals surface area (Å²) in [4.78, 5) is 0. The Morgan fingerprint density at radius 1 is 1.30 bits per heavy atom. The van der Waals surface area contributed by atoms with Crippen molar-refractivity contribution >= 4 is 0 Å². The van der Waals surface area contributed by atoms with E-state index in [1.807, 2.05) is 6.92 Å². The van der Waals surface area contributed by atoms with Gasteiger partial charge in [0.15, 0.2) is 0 Å². The predicted octanol–water partition coefficient (Wildman–Crippen LogP) is -0.108. The molecule has 3 nitrogen and oxygen atoms in total. The van der Waals surface area contributed by atoms with E-state index in [-0.39, 0.29) is 13.2 Å². The molecule has 0 aliphatic rings. The first kappa shape index (κ1) is 9.88. The normalized spacial score (nSPS) is 16.8. The van der Waals surface area contributed by atoms with Crippen LogP contribution < -0.4 is 0 Å². The average molecular weight is 148 g/mol. The maximum atomic E-state index is 9.40.